The molecule has 3 heteroatoms. The molecule has 1 aliphatic rings. The fraction of sp³-hybridized carbons (Fsp3) is 0.769. The van der Waals surface area contributed by atoms with Crippen LogP contribution in [0.25, 0.3) is 0 Å². The molecule has 0 fully saturated rings. The summed E-state index contributed by atoms with van der Waals surface area (Å²) in [6, 6.07) is 0. The van der Waals surface area contributed by atoms with Crippen LogP contribution in [0.1, 0.15) is 50.3 Å². The molecule has 0 spiro atoms. The smallest absolute Gasteiger partial charge is 0.109 e. The first-order valence-corrected chi connectivity index (χ1v) is 6.64. The molecule has 1 aromatic rings. The van der Waals surface area contributed by atoms with E-state index in [0.717, 1.165) is 19.5 Å². The van der Waals surface area contributed by atoms with Crippen LogP contribution < -0.4 is 5.32 Å². The Morgan fingerprint density at radius 3 is 2.94 bits per heavy atom. The van der Waals surface area contributed by atoms with Crippen LogP contribution >= 0.6 is 0 Å². The molecule has 0 bridgehead atoms. The Kier molecular flexibility index (Phi) is 3.99. The van der Waals surface area contributed by atoms with Crippen LogP contribution in [-0.4, -0.2) is 16.1 Å². The van der Waals surface area contributed by atoms with Crippen molar-refractivity contribution < 1.29 is 0 Å². The average molecular weight is 221 g/mol. The highest BCUT2D eigenvalue weighted by Gasteiger charge is 2.18. The maximum Gasteiger partial charge on any atom is 0.109 e. The SMILES string of the molecule is CCCc1nc(CNCC)c2n1CCCC2. The van der Waals surface area contributed by atoms with Crippen LogP contribution in [0.15, 0.2) is 0 Å². The van der Waals surface area contributed by atoms with Crippen molar-refractivity contribution in [3.8, 4) is 0 Å². The zero-order valence-electron chi connectivity index (χ0n) is 10.6. The highest BCUT2D eigenvalue weighted by molar-refractivity contribution is 5.19. The molecule has 0 saturated carbocycles. The van der Waals surface area contributed by atoms with E-state index in [4.69, 9.17) is 4.98 Å². The van der Waals surface area contributed by atoms with E-state index in [0.29, 0.717) is 0 Å². The number of aromatic nitrogens is 2. The van der Waals surface area contributed by atoms with Crippen molar-refractivity contribution in [2.24, 2.45) is 0 Å². The van der Waals surface area contributed by atoms with E-state index in [1.165, 1.54) is 49.4 Å². The van der Waals surface area contributed by atoms with Gasteiger partial charge < -0.3 is 9.88 Å². The highest BCUT2D eigenvalue weighted by atomic mass is 15.1. The number of hydrogen-bond donors (Lipinski definition) is 1. The third-order valence-corrected chi connectivity index (χ3v) is 3.30. The Balaban J connectivity index is 2.23. The van der Waals surface area contributed by atoms with Gasteiger partial charge >= 0.3 is 0 Å². The summed E-state index contributed by atoms with van der Waals surface area (Å²) >= 11 is 0. The number of nitrogens with zero attached hydrogens (tertiary/aromatic N) is 2. The fourth-order valence-corrected chi connectivity index (χ4v) is 2.50. The van der Waals surface area contributed by atoms with E-state index in [1.54, 1.807) is 0 Å². The topological polar surface area (TPSA) is 29.9 Å². The fourth-order valence-electron chi connectivity index (χ4n) is 2.50. The second kappa shape index (κ2) is 5.48. The minimum Gasteiger partial charge on any atom is -0.332 e. The van der Waals surface area contributed by atoms with Crippen molar-refractivity contribution in [1.82, 2.24) is 14.9 Å². The van der Waals surface area contributed by atoms with Crippen LogP contribution in [0, 0.1) is 0 Å². The molecule has 0 aromatic carbocycles. The molecule has 2 heterocycles. The lowest BCUT2D eigenvalue weighted by atomic mass is 10.1. The lowest BCUT2D eigenvalue weighted by Crippen LogP contribution is -2.16. The first kappa shape index (κ1) is 11.6. The molecule has 2 rings (SSSR count). The van der Waals surface area contributed by atoms with Crippen LogP contribution in [0.2, 0.25) is 0 Å². The molecule has 1 N–H and O–H groups in total. The van der Waals surface area contributed by atoms with Crippen molar-refractivity contribution in [2.45, 2.75) is 59.0 Å². The molecule has 90 valence electrons. The Morgan fingerprint density at radius 1 is 1.31 bits per heavy atom. The molecule has 0 saturated heterocycles. The van der Waals surface area contributed by atoms with Gasteiger partial charge in [-0.3, -0.25) is 0 Å². The van der Waals surface area contributed by atoms with E-state index in [9.17, 15) is 0 Å². The average Bonchev–Trinajstić information content (AvgIpc) is 2.66. The summed E-state index contributed by atoms with van der Waals surface area (Å²) in [5.41, 5.74) is 2.79. The van der Waals surface area contributed by atoms with Crippen molar-refractivity contribution in [3.63, 3.8) is 0 Å². The van der Waals surface area contributed by atoms with E-state index in [1.807, 2.05) is 0 Å². The number of rotatable bonds is 5. The van der Waals surface area contributed by atoms with Gasteiger partial charge in [-0.25, -0.2) is 4.98 Å². The van der Waals surface area contributed by atoms with E-state index in [-0.39, 0.29) is 0 Å². The Labute approximate surface area is 98.3 Å². The van der Waals surface area contributed by atoms with Gasteiger partial charge in [0.25, 0.3) is 0 Å². The summed E-state index contributed by atoms with van der Waals surface area (Å²) in [4.78, 5) is 4.82. The number of fused-ring (bicyclic) bond motifs is 1. The lowest BCUT2D eigenvalue weighted by Gasteiger charge is -2.17. The minimum absolute atomic E-state index is 0.940. The first-order chi connectivity index (χ1) is 7.86. The third-order valence-electron chi connectivity index (χ3n) is 3.30. The quantitative estimate of drug-likeness (QED) is 0.826. The van der Waals surface area contributed by atoms with Crippen molar-refractivity contribution in [3.05, 3.63) is 17.2 Å². The summed E-state index contributed by atoms with van der Waals surface area (Å²) in [6.07, 6.45) is 6.19. The number of aryl methyl sites for hydroxylation is 1. The summed E-state index contributed by atoms with van der Waals surface area (Å²) in [6.45, 7) is 7.53. The Morgan fingerprint density at radius 2 is 2.19 bits per heavy atom. The molecular weight excluding hydrogens is 198 g/mol. The minimum atomic E-state index is 0.940. The zero-order chi connectivity index (χ0) is 11.4. The van der Waals surface area contributed by atoms with Gasteiger partial charge in [-0.05, 0) is 32.2 Å². The highest BCUT2D eigenvalue weighted by Crippen LogP contribution is 2.21. The largest absolute Gasteiger partial charge is 0.332 e. The molecule has 16 heavy (non-hydrogen) atoms. The van der Waals surface area contributed by atoms with Gasteiger partial charge in [0, 0.05) is 25.2 Å². The van der Waals surface area contributed by atoms with E-state index in [2.05, 4.69) is 23.7 Å². The second-order valence-electron chi connectivity index (χ2n) is 4.56. The summed E-state index contributed by atoms with van der Waals surface area (Å²) in [5, 5.41) is 3.39. The first-order valence-electron chi connectivity index (χ1n) is 6.64. The van der Waals surface area contributed by atoms with Crippen molar-refractivity contribution in [1.29, 1.82) is 0 Å². The molecule has 3 nitrogen and oxygen atoms in total. The summed E-state index contributed by atoms with van der Waals surface area (Å²) < 4.78 is 2.47. The molecule has 0 atom stereocenters. The molecule has 0 aliphatic carbocycles. The number of imidazole rings is 1. The van der Waals surface area contributed by atoms with Crippen LogP contribution in [0.4, 0.5) is 0 Å². The molecule has 0 amide bonds. The van der Waals surface area contributed by atoms with Crippen LogP contribution in [0.3, 0.4) is 0 Å². The van der Waals surface area contributed by atoms with Crippen molar-refractivity contribution >= 4 is 0 Å². The lowest BCUT2D eigenvalue weighted by molar-refractivity contribution is 0.509. The van der Waals surface area contributed by atoms with Crippen LogP contribution in [0.5, 0.6) is 0 Å². The van der Waals surface area contributed by atoms with Crippen LogP contribution in [-0.2, 0) is 25.9 Å². The van der Waals surface area contributed by atoms with Gasteiger partial charge in [0.05, 0.1) is 5.69 Å². The Hall–Kier alpha value is -0.830. The van der Waals surface area contributed by atoms with E-state index < -0.39 is 0 Å². The van der Waals surface area contributed by atoms with E-state index >= 15 is 0 Å². The number of nitrogens with one attached hydrogen (secondary N) is 1. The molecular formula is C13H23N3. The van der Waals surface area contributed by atoms with Crippen molar-refractivity contribution in [2.75, 3.05) is 6.54 Å². The van der Waals surface area contributed by atoms with Gasteiger partial charge in [-0.15, -0.1) is 0 Å². The normalized spacial score (nSPS) is 15.1. The van der Waals surface area contributed by atoms with Gasteiger partial charge in [0.1, 0.15) is 5.82 Å². The molecule has 1 aromatic heterocycles. The summed E-state index contributed by atoms with van der Waals surface area (Å²) in [7, 11) is 0. The monoisotopic (exact) mass is 221 g/mol. The predicted octanol–water partition coefficient (Wildman–Crippen LogP) is 2.28. The number of hydrogen-bond acceptors (Lipinski definition) is 2. The van der Waals surface area contributed by atoms with Gasteiger partial charge in [0.15, 0.2) is 0 Å². The zero-order valence-corrected chi connectivity index (χ0v) is 10.6. The molecule has 1 aliphatic heterocycles. The standard InChI is InChI=1S/C13H23N3/c1-3-7-13-15-11(10-14-4-2)12-8-5-6-9-16(12)13/h14H,3-10H2,1-2H3. The Bertz CT molecular complexity index is 341. The second-order valence-corrected chi connectivity index (χ2v) is 4.56. The van der Waals surface area contributed by atoms with Gasteiger partial charge in [-0.2, -0.15) is 0 Å². The predicted molar refractivity (Wildman–Crippen MR) is 66.5 cm³/mol. The summed E-state index contributed by atoms with van der Waals surface area (Å²) in [5.74, 6) is 1.31. The maximum absolute atomic E-state index is 4.82. The molecule has 0 unspecified atom stereocenters. The van der Waals surface area contributed by atoms with Gasteiger partial charge in [-0.1, -0.05) is 13.8 Å². The van der Waals surface area contributed by atoms with Gasteiger partial charge in [0.2, 0.25) is 0 Å². The molecule has 0 radical (unpaired) electrons. The maximum atomic E-state index is 4.82. The third kappa shape index (κ3) is 2.29.